The van der Waals surface area contributed by atoms with Gasteiger partial charge in [0, 0.05) is 5.92 Å². The van der Waals surface area contributed by atoms with E-state index in [0.29, 0.717) is 5.92 Å². The van der Waals surface area contributed by atoms with Crippen LogP contribution in [0.1, 0.15) is 11.5 Å². The number of hydrogen-bond acceptors (Lipinski definition) is 0. The van der Waals surface area contributed by atoms with Gasteiger partial charge in [-0.05, 0) is 29.4 Å². The van der Waals surface area contributed by atoms with E-state index in [1.54, 1.807) is 0 Å². The molecule has 24 heavy (non-hydrogen) atoms. The second kappa shape index (κ2) is 6.99. The second-order valence-corrected chi connectivity index (χ2v) is 8.09. The fourth-order valence-electron chi connectivity index (χ4n) is 3.22. The summed E-state index contributed by atoms with van der Waals surface area (Å²) < 4.78 is 0. The molecule has 0 saturated heterocycles. The molecule has 0 N–H and O–H groups in total. The van der Waals surface area contributed by atoms with Gasteiger partial charge >= 0.3 is 0 Å². The van der Waals surface area contributed by atoms with Crippen LogP contribution >= 0.6 is 7.92 Å². The van der Waals surface area contributed by atoms with Gasteiger partial charge in [-0.25, -0.2) is 0 Å². The third kappa shape index (κ3) is 2.98. The summed E-state index contributed by atoms with van der Waals surface area (Å²) in [4.78, 5) is 0. The summed E-state index contributed by atoms with van der Waals surface area (Å²) in [5.74, 6) is 0.373. The Morgan fingerprint density at radius 2 is 1.08 bits per heavy atom. The van der Waals surface area contributed by atoms with Crippen LogP contribution in [0.4, 0.5) is 0 Å². The fourth-order valence-corrected chi connectivity index (χ4v) is 5.81. The van der Waals surface area contributed by atoms with Gasteiger partial charge in [0.2, 0.25) is 0 Å². The van der Waals surface area contributed by atoms with Crippen molar-refractivity contribution in [3.63, 3.8) is 0 Å². The Labute approximate surface area is 144 Å². The van der Waals surface area contributed by atoms with E-state index in [0.717, 1.165) is 0 Å². The highest BCUT2D eigenvalue weighted by Gasteiger charge is 2.26. The first kappa shape index (κ1) is 15.1. The van der Waals surface area contributed by atoms with Crippen molar-refractivity contribution in [3.05, 3.63) is 120 Å². The summed E-state index contributed by atoms with van der Waals surface area (Å²) in [6, 6.07) is 32.6. The Morgan fingerprint density at radius 1 is 0.583 bits per heavy atom. The maximum Gasteiger partial charge on any atom is 0.0283 e. The van der Waals surface area contributed by atoms with Crippen molar-refractivity contribution in [3.8, 4) is 0 Å². The second-order valence-electron chi connectivity index (χ2n) is 5.87. The lowest BCUT2D eigenvalue weighted by Gasteiger charge is -2.25. The zero-order valence-corrected chi connectivity index (χ0v) is 14.3. The molecule has 0 radical (unpaired) electrons. The average molecular weight is 326 g/mol. The van der Waals surface area contributed by atoms with Crippen molar-refractivity contribution < 1.29 is 0 Å². The Bertz CT molecular complexity index is 809. The van der Waals surface area contributed by atoms with Crippen LogP contribution in [0.2, 0.25) is 0 Å². The molecular formula is C23H19P. The number of hydrogen-bond donors (Lipinski definition) is 0. The normalized spacial score (nSPS) is 16.4. The molecule has 1 atom stereocenters. The summed E-state index contributed by atoms with van der Waals surface area (Å²) in [6.45, 7) is 0. The Balaban J connectivity index is 1.80. The minimum absolute atomic E-state index is 0.373. The lowest BCUT2D eigenvalue weighted by molar-refractivity contribution is 1.08. The monoisotopic (exact) mass is 326 g/mol. The Hall–Kier alpha value is -2.43. The molecule has 3 aromatic carbocycles. The molecule has 4 rings (SSSR count). The highest BCUT2D eigenvalue weighted by Crippen LogP contribution is 2.52. The van der Waals surface area contributed by atoms with Crippen LogP contribution in [-0.2, 0) is 0 Å². The standard InChI is InChI=1S/C23H19P/c1-4-11-19(12-5-1)22-17-10-18-23(22)24(20-13-6-2-7-14-20)21-15-8-3-9-16-21/h1-18,22H. The van der Waals surface area contributed by atoms with Crippen LogP contribution in [0, 0.1) is 0 Å². The molecule has 0 heterocycles. The molecule has 1 unspecified atom stereocenters. The summed E-state index contributed by atoms with van der Waals surface area (Å²) in [5.41, 5.74) is 1.37. The average Bonchev–Trinajstić information content (AvgIpc) is 3.14. The quantitative estimate of drug-likeness (QED) is 0.566. The van der Waals surface area contributed by atoms with Crippen LogP contribution in [0.15, 0.2) is 115 Å². The van der Waals surface area contributed by atoms with Gasteiger partial charge in [0.05, 0.1) is 0 Å². The van der Waals surface area contributed by atoms with Crippen LogP contribution in [0.5, 0.6) is 0 Å². The van der Waals surface area contributed by atoms with E-state index in [2.05, 4.69) is 109 Å². The molecule has 0 spiro atoms. The Morgan fingerprint density at radius 3 is 1.62 bits per heavy atom. The predicted octanol–water partition coefficient (Wildman–Crippen LogP) is 5.36. The Kier molecular flexibility index (Phi) is 4.40. The molecule has 3 aromatic rings. The van der Waals surface area contributed by atoms with Crippen LogP contribution < -0.4 is 10.6 Å². The van der Waals surface area contributed by atoms with E-state index in [-0.39, 0.29) is 0 Å². The lowest BCUT2D eigenvalue weighted by Crippen LogP contribution is -2.14. The van der Waals surface area contributed by atoms with Gasteiger partial charge in [-0.3, -0.25) is 0 Å². The molecule has 0 aliphatic heterocycles. The van der Waals surface area contributed by atoms with Gasteiger partial charge < -0.3 is 0 Å². The summed E-state index contributed by atoms with van der Waals surface area (Å²) >= 11 is 0. The molecule has 0 saturated carbocycles. The molecule has 0 fully saturated rings. The zero-order chi connectivity index (χ0) is 16.2. The number of allylic oxidation sites excluding steroid dienone is 4. The minimum atomic E-state index is -0.516. The molecular weight excluding hydrogens is 307 g/mol. The first-order valence-corrected chi connectivity index (χ1v) is 9.61. The SMILES string of the molecule is C1=CC(c2ccccc2)C(P(c2ccccc2)c2ccccc2)=C1. The minimum Gasteiger partial charge on any atom is -0.0726 e. The predicted molar refractivity (Wildman–Crippen MR) is 105 cm³/mol. The van der Waals surface area contributed by atoms with Gasteiger partial charge in [0.1, 0.15) is 0 Å². The van der Waals surface area contributed by atoms with Gasteiger partial charge in [-0.15, -0.1) is 0 Å². The zero-order valence-electron chi connectivity index (χ0n) is 13.4. The molecule has 1 aliphatic carbocycles. The maximum absolute atomic E-state index is 2.33. The van der Waals surface area contributed by atoms with E-state index >= 15 is 0 Å². The third-order valence-corrected chi connectivity index (χ3v) is 6.91. The summed E-state index contributed by atoms with van der Waals surface area (Å²) in [6.07, 6.45) is 6.86. The fraction of sp³-hybridized carbons (Fsp3) is 0.0435. The third-order valence-electron chi connectivity index (χ3n) is 4.33. The lowest BCUT2D eigenvalue weighted by atomic mass is 10.0. The summed E-state index contributed by atoms with van der Waals surface area (Å²) in [5, 5.41) is 4.33. The first-order valence-electron chi connectivity index (χ1n) is 8.27. The molecule has 0 bridgehead atoms. The van der Waals surface area contributed by atoms with Gasteiger partial charge in [-0.2, -0.15) is 0 Å². The van der Waals surface area contributed by atoms with Crippen molar-refractivity contribution >= 4 is 18.5 Å². The molecule has 0 amide bonds. The van der Waals surface area contributed by atoms with Gasteiger partial charge in [0.15, 0.2) is 0 Å². The van der Waals surface area contributed by atoms with E-state index < -0.39 is 7.92 Å². The van der Waals surface area contributed by atoms with E-state index in [9.17, 15) is 0 Å². The highest BCUT2D eigenvalue weighted by molar-refractivity contribution is 7.76. The van der Waals surface area contributed by atoms with Crippen molar-refractivity contribution in [2.45, 2.75) is 5.92 Å². The van der Waals surface area contributed by atoms with Gasteiger partial charge in [0.25, 0.3) is 0 Å². The van der Waals surface area contributed by atoms with Crippen LogP contribution in [0.3, 0.4) is 0 Å². The smallest absolute Gasteiger partial charge is 0.0283 e. The molecule has 0 nitrogen and oxygen atoms in total. The molecule has 116 valence electrons. The van der Waals surface area contributed by atoms with E-state index in [1.165, 1.54) is 21.5 Å². The number of benzene rings is 3. The van der Waals surface area contributed by atoms with Crippen LogP contribution in [0.25, 0.3) is 0 Å². The van der Waals surface area contributed by atoms with E-state index in [1.807, 2.05) is 0 Å². The highest BCUT2D eigenvalue weighted by atomic mass is 31.1. The van der Waals surface area contributed by atoms with E-state index in [4.69, 9.17) is 0 Å². The topological polar surface area (TPSA) is 0 Å². The van der Waals surface area contributed by atoms with Gasteiger partial charge in [-0.1, -0.05) is 109 Å². The molecule has 1 aliphatic rings. The first-order chi connectivity index (χ1) is 11.9. The largest absolute Gasteiger partial charge is 0.0726 e. The van der Waals surface area contributed by atoms with Crippen LogP contribution in [-0.4, -0.2) is 0 Å². The number of rotatable bonds is 4. The van der Waals surface area contributed by atoms with Crippen molar-refractivity contribution in [1.29, 1.82) is 0 Å². The summed E-state index contributed by atoms with van der Waals surface area (Å²) in [7, 11) is -0.516. The molecule has 1 heteroatoms. The van der Waals surface area contributed by atoms with Crippen molar-refractivity contribution in [2.24, 2.45) is 0 Å². The van der Waals surface area contributed by atoms with Crippen molar-refractivity contribution in [2.75, 3.05) is 0 Å². The maximum atomic E-state index is 2.33. The molecule has 0 aromatic heterocycles. The van der Waals surface area contributed by atoms with Crippen molar-refractivity contribution in [1.82, 2.24) is 0 Å².